The lowest BCUT2D eigenvalue weighted by Crippen LogP contribution is -2.49. The Morgan fingerprint density at radius 2 is 1.71 bits per heavy atom. The van der Waals surface area contributed by atoms with Crippen LogP contribution in [0.2, 0.25) is 0 Å². The maximum atomic E-state index is 12.5. The van der Waals surface area contributed by atoms with Crippen LogP contribution < -0.4 is 5.32 Å². The molecule has 0 bridgehead atoms. The van der Waals surface area contributed by atoms with E-state index in [0.717, 1.165) is 22.3 Å². The number of nitrogens with one attached hydrogen (secondary N) is 1. The van der Waals surface area contributed by atoms with Gasteiger partial charge in [0.25, 0.3) is 0 Å². The summed E-state index contributed by atoms with van der Waals surface area (Å²) in [7, 11) is 0. The van der Waals surface area contributed by atoms with Crippen LogP contribution >= 0.6 is 0 Å². The molecule has 0 saturated carbocycles. The fraction of sp³-hybridized carbons (Fsp3) is 0.348. The Labute approximate surface area is 179 Å². The predicted molar refractivity (Wildman–Crippen MR) is 111 cm³/mol. The summed E-state index contributed by atoms with van der Waals surface area (Å²) in [4.78, 5) is 37.3. The van der Waals surface area contributed by atoms with Crippen LogP contribution in [-0.4, -0.2) is 64.4 Å². The molecule has 1 aliphatic carbocycles. The van der Waals surface area contributed by atoms with Crippen LogP contribution in [0, 0.1) is 0 Å². The second kappa shape index (κ2) is 8.03. The van der Waals surface area contributed by atoms with Gasteiger partial charge in [-0.2, -0.15) is 0 Å². The Balaban J connectivity index is 1.36. The number of benzene rings is 2. The Bertz CT molecular complexity index is 993. The third-order valence-corrected chi connectivity index (χ3v) is 6.01. The molecular formula is C23H24N2O6. The standard InChI is InChI=1S/C23H24N2O6/c1-14(20(26)25-11-10-23(30,13-25)21(27)28)24-22(29)31-12-19-17-8-4-2-6-15(17)16-7-3-5-9-18(16)19/h2-9,14,19,30H,10-13H2,1H3,(H,24,29)(H,27,28)/t14-,23?/m1/s1. The molecule has 8 nitrogen and oxygen atoms in total. The van der Waals surface area contributed by atoms with Crippen LogP contribution in [0.25, 0.3) is 11.1 Å². The Hall–Kier alpha value is -3.39. The van der Waals surface area contributed by atoms with E-state index in [1.54, 1.807) is 0 Å². The summed E-state index contributed by atoms with van der Waals surface area (Å²) in [6, 6.07) is 15.1. The van der Waals surface area contributed by atoms with Crippen molar-refractivity contribution in [1.82, 2.24) is 10.2 Å². The average molecular weight is 424 g/mol. The van der Waals surface area contributed by atoms with E-state index in [1.165, 1.54) is 11.8 Å². The van der Waals surface area contributed by atoms with E-state index in [4.69, 9.17) is 9.84 Å². The number of hydrogen-bond acceptors (Lipinski definition) is 5. The number of carboxylic acid groups (broad SMARTS) is 1. The summed E-state index contributed by atoms with van der Waals surface area (Å²) < 4.78 is 5.44. The Kier molecular flexibility index (Phi) is 5.41. The third-order valence-electron chi connectivity index (χ3n) is 6.01. The Morgan fingerprint density at radius 3 is 2.26 bits per heavy atom. The molecule has 1 unspecified atom stereocenters. The molecule has 0 spiro atoms. The van der Waals surface area contributed by atoms with E-state index in [9.17, 15) is 19.5 Å². The highest BCUT2D eigenvalue weighted by atomic mass is 16.5. The van der Waals surface area contributed by atoms with Crippen molar-refractivity contribution in [2.75, 3.05) is 19.7 Å². The van der Waals surface area contributed by atoms with Crippen LogP contribution in [0.1, 0.15) is 30.4 Å². The summed E-state index contributed by atoms with van der Waals surface area (Å²) in [5, 5.41) is 21.6. The number of alkyl carbamates (subject to hydrolysis) is 1. The first-order valence-electron chi connectivity index (χ1n) is 10.2. The lowest BCUT2D eigenvalue weighted by Gasteiger charge is -2.23. The van der Waals surface area contributed by atoms with Crippen molar-refractivity contribution < 1.29 is 29.3 Å². The molecule has 0 radical (unpaired) electrons. The van der Waals surface area contributed by atoms with Crippen LogP contribution in [0.5, 0.6) is 0 Å². The summed E-state index contributed by atoms with van der Waals surface area (Å²) in [5.74, 6) is -1.92. The number of ether oxygens (including phenoxy) is 1. The topological polar surface area (TPSA) is 116 Å². The van der Waals surface area contributed by atoms with E-state index < -0.39 is 29.6 Å². The minimum Gasteiger partial charge on any atom is -0.479 e. The van der Waals surface area contributed by atoms with Crippen molar-refractivity contribution in [2.45, 2.75) is 30.9 Å². The smallest absolute Gasteiger partial charge is 0.407 e. The molecule has 1 heterocycles. The van der Waals surface area contributed by atoms with E-state index in [2.05, 4.69) is 5.32 Å². The van der Waals surface area contributed by atoms with Crippen LogP contribution in [-0.2, 0) is 14.3 Å². The van der Waals surface area contributed by atoms with Gasteiger partial charge in [-0.1, -0.05) is 48.5 Å². The molecule has 1 fully saturated rings. The summed E-state index contributed by atoms with van der Waals surface area (Å²) in [6.07, 6.45) is -0.776. The van der Waals surface area contributed by atoms with Gasteiger partial charge < -0.3 is 25.2 Å². The SMILES string of the molecule is C[C@@H](NC(=O)OCC1c2ccccc2-c2ccccc21)C(=O)N1CCC(O)(C(=O)O)C1. The lowest BCUT2D eigenvalue weighted by atomic mass is 9.98. The maximum absolute atomic E-state index is 12.5. The van der Waals surface area contributed by atoms with Crippen LogP contribution in [0.15, 0.2) is 48.5 Å². The highest BCUT2D eigenvalue weighted by Gasteiger charge is 2.45. The quantitative estimate of drug-likeness (QED) is 0.676. The second-order valence-electron chi connectivity index (χ2n) is 8.04. The van der Waals surface area contributed by atoms with Gasteiger partial charge in [-0.3, -0.25) is 4.79 Å². The number of amides is 2. The molecule has 1 saturated heterocycles. The first kappa shape index (κ1) is 20.9. The van der Waals surface area contributed by atoms with E-state index >= 15 is 0 Å². The normalized spacial score (nSPS) is 20.6. The summed E-state index contributed by atoms with van der Waals surface area (Å²) >= 11 is 0. The first-order chi connectivity index (χ1) is 14.8. The minimum atomic E-state index is -1.95. The molecule has 4 rings (SSSR count). The van der Waals surface area contributed by atoms with E-state index in [0.29, 0.717) is 0 Å². The van der Waals surface area contributed by atoms with Crippen molar-refractivity contribution in [3.05, 3.63) is 59.7 Å². The molecule has 0 aromatic heterocycles. The van der Waals surface area contributed by atoms with Gasteiger partial charge in [-0.25, -0.2) is 9.59 Å². The number of aliphatic hydroxyl groups is 1. The number of hydrogen-bond donors (Lipinski definition) is 3. The van der Waals surface area contributed by atoms with Gasteiger partial charge in [-0.15, -0.1) is 0 Å². The number of carbonyl (C=O) groups excluding carboxylic acids is 2. The van der Waals surface area contributed by atoms with Crippen molar-refractivity contribution in [3.63, 3.8) is 0 Å². The molecule has 2 atom stereocenters. The predicted octanol–water partition coefficient (Wildman–Crippen LogP) is 1.96. The van der Waals surface area contributed by atoms with Crippen molar-refractivity contribution in [3.8, 4) is 11.1 Å². The third kappa shape index (κ3) is 3.86. The lowest BCUT2D eigenvalue weighted by molar-refractivity contribution is -0.157. The molecular weight excluding hydrogens is 400 g/mol. The number of rotatable bonds is 5. The number of fused-ring (bicyclic) bond motifs is 3. The number of aliphatic carboxylic acids is 1. The van der Waals surface area contributed by atoms with Crippen molar-refractivity contribution >= 4 is 18.0 Å². The fourth-order valence-corrected chi connectivity index (χ4v) is 4.31. The first-order valence-corrected chi connectivity index (χ1v) is 10.2. The van der Waals surface area contributed by atoms with Gasteiger partial charge >= 0.3 is 12.1 Å². The fourth-order valence-electron chi connectivity index (χ4n) is 4.31. The molecule has 2 aromatic rings. The largest absolute Gasteiger partial charge is 0.479 e. The molecule has 162 valence electrons. The molecule has 1 aliphatic heterocycles. The van der Waals surface area contributed by atoms with Crippen LogP contribution in [0.4, 0.5) is 4.79 Å². The maximum Gasteiger partial charge on any atom is 0.407 e. The molecule has 3 N–H and O–H groups in total. The molecule has 2 aromatic carbocycles. The number of carboxylic acids is 1. The number of likely N-dealkylation sites (tertiary alicyclic amines) is 1. The van der Waals surface area contributed by atoms with Gasteiger partial charge in [0.05, 0.1) is 6.54 Å². The van der Waals surface area contributed by atoms with Gasteiger partial charge in [0.2, 0.25) is 5.91 Å². The highest BCUT2D eigenvalue weighted by Crippen LogP contribution is 2.44. The summed E-state index contributed by atoms with van der Waals surface area (Å²) in [6.45, 7) is 1.43. The summed E-state index contributed by atoms with van der Waals surface area (Å²) in [5.41, 5.74) is 2.47. The van der Waals surface area contributed by atoms with E-state index in [-0.39, 0.29) is 32.0 Å². The molecule has 31 heavy (non-hydrogen) atoms. The van der Waals surface area contributed by atoms with Crippen molar-refractivity contribution in [1.29, 1.82) is 0 Å². The number of β-amino-alcohol motifs (C(OH)–C–C–N with tert-alkyl or cyclic N) is 1. The van der Waals surface area contributed by atoms with Crippen molar-refractivity contribution in [2.24, 2.45) is 0 Å². The van der Waals surface area contributed by atoms with Gasteiger partial charge in [0.15, 0.2) is 5.60 Å². The minimum absolute atomic E-state index is 0.0499. The zero-order valence-electron chi connectivity index (χ0n) is 17.1. The molecule has 8 heteroatoms. The zero-order chi connectivity index (χ0) is 22.2. The highest BCUT2D eigenvalue weighted by molar-refractivity contribution is 5.87. The van der Waals surface area contributed by atoms with Gasteiger partial charge in [0.1, 0.15) is 12.6 Å². The Morgan fingerprint density at radius 1 is 1.13 bits per heavy atom. The van der Waals surface area contributed by atoms with Crippen LogP contribution in [0.3, 0.4) is 0 Å². The number of carbonyl (C=O) groups is 3. The second-order valence-corrected chi connectivity index (χ2v) is 8.04. The monoisotopic (exact) mass is 424 g/mol. The zero-order valence-corrected chi connectivity index (χ0v) is 17.1. The molecule has 2 aliphatic rings. The average Bonchev–Trinajstić information content (AvgIpc) is 3.31. The molecule has 2 amide bonds. The van der Waals surface area contributed by atoms with E-state index in [1.807, 2.05) is 48.5 Å². The number of nitrogens with zero attached hydrogens (tertiary/aromatic N) is 1. The van der Waals surface area contributed by atoms with Gasteiger partial charge in [-0.05, 0) is 29.2 Å². The van der Waals surface area contributed by atoms with Gasteiger partial charge in [0, 0.05) is 18.9 Å².